The van der Waals surface area contributed by atoms with Crippen LogP contribution in [0.3, 0.4) is 0 Å². The number of imidazole rings is 1. The summed E-state index contributed by atoms with van der Waals surface area (Å²) in [6.07, 6.45) is 3.62. The minimum atomic E-state index is -4.13. The average molecular weight is 549 g/mol. The third-order valence-corrected chi connectivity index (χ3v) is 8.02. The number of ether oxygens (including phenoxy) is 2. The van der Waals surface area contributed by atoms with Gasteiger partial charge in [-0.15, -0.1) is 0 Å². The molecule has 204 valence electrons. The first-order valence-corrected chi connectivity index (χ1v) is 13.8. The molecule has 4 aromatic rings. The monoisotopic (exact) mass is 548 g/mol. The molecule has 39 heavy (non-hydrogen) atoms. The van der Waals surface area contributed by atoms with Crippen LogP contribution < -0.4 is 19.1 Å². The van der Waals surface area contributed by atoms with E-state index in [0.29, 0.717) is 11.4 Å². The SMILES string of the molecule is COc1ccc(S(=O)(=O)N(CC(=O)NCc2ccc(-n3ccnc3C)cc2)c2cc(C)cc(C)c2)cc1OC. The summed E-state index contributed by atoms with van der Waals surface area (Å²) in [6.45, 7) is 5.54. The molecule has 3 aromatic carbocycles. The van der Waals surface area contributed by atoms with Crippen LogP contribution in [0.4, 0.5) is 5.69 Å². The fraction of sp³-hybridized carbons (Fsp3) is 0.241. The molecule has 4 rings (SSSR count). The standard InChI is InChI=1S/C29H32N4O5S/c1-20-14-21(2)16-25(15-20)33(39(35,36)26-10-11-27(37-4)28(17-26)38-5)19-29(34)31-18-23-6-8-24(9-7-23)32-13-12-30-22(32)3/h6-17H,18-19H2,1-5H3,(H,31,34). The summed E-state index contributed by atoms with van der Waals surface area (Å²) in [5.41, 5.74) is 4.00. The fourth-order valence-corrected chi connectivity index (χ4v) is 5.75. The van der Waals surface area contributed by atoms with Crippen LogP contribution in [-0.2, 0) is 21.4 Å². The Morgan fingerprint density at radius 1 is 0.923 bits per heavy atom. The van der Waals surface area contributed by atoms with Gasteiger partial charge in [0.2, 0.25) is 5.91 Å². The number of sulfonamides is 1. The molecule has 0 aliphatic carbocycles. The summed E-state index contributed by atoms with van der Waals surface area (Å²) in [5.74, 6) is 1.12. The van der Waals surface area contributed by atoms with Gasteiger partial charge >= 0.3 is 0 Å². The lowest BCUT2D eigenvalue weighted by Gasteiger charge is -2.25. The normalized spacial score (nSPS) is 11.2. The van der Waals surface area contributed by atoms with E-state index in [-0.39, 0.29) is 17.2 Å². The zero-order chi connectivity index (χ0) is 28.2. The summed E-state index contributed by atoms with van der Waals surface area (Å²) < 4.78 is 41.3. The Morgan fingerprint density at radius 3 is 2.18 bits per heavy atom. The van der Waals surface area contributed by atoms with Gasteiger partial charge in [-0.25, -0.2) is 13.4 Å². The molecule has 1 aromatic heterocycles. The second kappa shape index (κ2) is 11.6. The largest absolute Gasteiger partial charge is 0.493 e. The van der Waals surface area contributed by atoms with Crippen molar-refractivity contribution < 1.29 is 22.7 Å². The Morgan fingerprint density at radius 2 is 1.59 bits per heavy atom. The van der Waals surface area contributed by atoms with E-state index in [1.54, 1.807) is 18.3 Å². The third kappa shape index (κ3) is 6.23. The highest BCUT2D eigenvalue weighted by molar-refractivity contribution is 7.92. The number of hydrogen-bond donors (Lipinski definition) is 1. The Bertz CT molecular complexity index is 1560. The van der Waals surface area contributed by atoms with Gasteiger partial charge in [-0.1, -0.05) is 18.2 Å². The molecule has 0 aliphatic rings. The van der Waals surface area contributed by atoms with Crippen molar-refractivity contribution >= 4 is 21.6 Å². The number of hydrogen-bond acceptors (Lipinski definition) is 6. The van der Waals surface area contributed by atoms with E-state index >= 15 is 0 Å². The van der Waals surface area contributed by atoms with Crippen molar-refractivity contribution in [2.45, 2.75) is 32.2 Å². The minimum Gasteiger partial charge on any atom is -0.493 e. The number of nitrogens with zero attached hydrogens (tertiary/aromatic N) is 3. The molecule has 0 spiro atoms. The van der Waals surface area contributed by atoms with Crippen LogP contribution in [0.25, 0.3) is 5.69 Å². The molecule has 0 saturated carbocycles. The molecule has 0 bridgehead atoms. The van der Waals surface area contributed by atoms with Crippen LogP contribution in [0.5, 0.6) is 11.5 Å². The Hall–Kier alpha value is -4.31. The third-order valence-electron chi connectivity index (χ3n) is 6.25. The number of aromatic nitrogens is 2. The molecule has 0 aliphatic heterocycles. The van der Waals surface area contributed by atoms with Crippen molar-refractivity contribution in [1.82, 2.24) is 14.9 Å². The molecule has 0 fully saturated rings. The van der Waals surface area contributed by atoms with Crippen molar-refractivity contribution in [2.24, 2.45) is 0 Å². The summed E-state index contributed by atoms with van der Waals surface area (Å²) in [5, 5.41) is 2.85. The van der Waals surface area contributed by atoms with E-state index in [4.69, 9.17) is 9.47 Å². The molecule has 0 saturated heterocycles. The maximum Gasteiger partial charge on any atom is 0.264 e. The number of rotatable bonds is 10. The van der Waals surface area contributed by atoms with E-state index < -0.39 is 22.5 Å². The van der Waals surface area contributed by atoms with Crippen LogP contribution in [0.2, 0.25) is 0 Å². The van der Waals surface area contributed by atoms with E-state index in [9.17, 15) is 13.2 Å². The van der Waals surface area contributed by atoms with Crippen LogP contribution in [-0.4, -0.2) is 44.6 Å². The quantitative estimate of drug-likeness (QED) is 0.317. The predicted octanol–water partition coefficient (Wildman–Crippen LogP) is 4.33. The zero-order valence-electron chi connectivity index (χ0n) is 22.6. The van der Waals surface area contributed by atoms with E-state index in [0.717, 1.165) is 32.5 Å². The number of aryl methyl sites for hydroxylation is 3. The van der Waals surface area contributed by atoms with E-state index in [2.05, 4.69) is 10.3 Å². The molecule has 0 atom stereocenters. The molecule has 1 N–H and O–H groups in total. The average Bonchev–Trinajstić information content (AvgIpc) is 3.35. The van der Waals surface area contributed by atoms with Gasteiger partial charge in [0.1, 0.15) is 12.4 Å². The number of benzene rings is 3. The highest BCUT2D eigenvalue weighted by Gasteiger charge is 2.28. The first-order chi connectivity index (χ1) is 18.6. The zero-order valence-corrected chi connectivity index (χ0v) is 23.5. The van der Waals surface area contributed by atoms with E-state index in [1.807, 2.05) is 61.9 Å². The van der Waals surface area contributed by atoms with Crippen molar-refractivity contribution in [1.29, 1.82) is 0 Å². The molecular weight excluding hydrogens is 516 g/mol. The van der Waals surface area contributed by atoms with Gasteiger partial charge in [0, 0.05) is 30.7 Å². The van der Waals surface area contributed by atoms with Crippen LogP contribution in [0.15, 0.2) is 78.0 Å². The highest BCUT2D eigenvalue weighted by Crippen LogP contribution is 2.32. The molecule has 0 unspecified atom stereocenters. The second-order valence-electron chi connectivity index (χ2n) is 9.16. The van der Waals surface area contributed by atoms with Gasteiger partial charge < -0.3 is 19.4 Å². The number of carbonyl (C=O) groups excluding carboxylic acids is 1. The van der Waals surface area contributed by atoms with Crippen LogP contribution in [0, 0.1) is 20.8 Å². The smallest absolute Gasteiger partial charge is 0.264 e. The maximum atomic E-state index is 13.9. The summed E-state index contributed by atoms with van der Waals surface area (Å²) in [7, 11) is -1.22. The van der Waals surface area contributed by atoms with Gasteiger partial charge in [0.05, 0.1) is 24.8 Å². The Kier molecular flexibility index (Phi) is 8.25. The lowest BCUT2D eigenvalue weighted by molar-refractivity contribution is -0.119. The molecule has 10 heteroatoms. The first kappa shape index (κ1) is 27.7. The molecule has 9 nitrogen and oxygen atoms in total. The lowest BCUT2D eigenvalue weighted by atomic mass is 10.1. The molecule has 1 heterocycles. The maximum absolute atomic E-state index is 13.9. The number of carbonyl (C=O) groups is 1. The van der Waals surface area contributed by atoms with E-state index in [1.165, 1.54) is 32.4 Å². The fourth-order valence-electron chi connectivity index (χ4n) is 4.33. The van der Waals surface area contributed by atoms with Crippen LogP contribution in [0.1, 0.15) is 22.5 Å². The van der Waals surface area contributed by atoms with Crippen molar-refractivity contribution in [3.63, 3.8) is 0 Å². The molecule has 0 radical (unpaired) electrons. The Labute approximate surface area is 229 Å². The summed E-state index contributed by atoms with van der Waals surface area (Å²) in [4.78, 5) is 17.3. The van der Waals surface area contributed by atoms with Crippen LogP contribution >= 0.6 is 0 Å². The van der Waals surface area contributed by atoms with Crippen molar-refractivity contribution in [2.75, 3.05) is 25.1 Å². The molecular formula is C29H32N4O5S. The Balaban J connectivity index is 1.57. The van der Waals surface area contributed by atoms with Gasteiger partial charge in [-0.05, 0) is 73.9 Å². The van der Waals surface area contributed by atoms with Gasteiger partial charge in [0.15, 0.2) is 11.5 Å². The predicted molar refractivity (Wildman–Crippen MR) is 150 cm³/mol. The number of anilines is 1. The number of amides is 1. The van der Waals surface area contributed by atoms with Gasteiger partial charge in [-0.3, -0.25) is 9.10 Å². The van der Waals surface area contributed by atoms with Gasteiger partial charge in [0.25, 0.3) is 10.0 Å². The second-order valence-corrected chi connectivity index (χ2v) is 11.0. The topological polar surface area (TPSA) is 103 Å². The van der Waals surface area contributed by atoms with Gasteiger partial charge in [-0.2, -0.15) is 0 Å². The first-order valence-electron chi connectivity index (χ1n) is 12.3. The van der Waals surface area contributed by atoms with Crippen molar-refractivity contribution in [3.8, 4) is 17.2 Å². The minimum absolute atomic E-state index is 0.0162. The molecule has 1 amide bonds. The lowest BCUT2D eigenvalue weighted by Crippen LogP contribution is -2.40. The summed E-state index contributed by atoms with van der Waals surface area (Å²) >= 11 is 0. The highest BCUT2D eigenvalue weighted by atomic mass is 32.2. The summed E-state index contributed by atoms with van der Waals surface area (Å²) in [6, 6.07) is 17.5. The number of nitrogens with one attached hydrogen (secondary N) is 1. The van der Waals surface area contributed by atoms with Crippen molar-refractivity contribution in [3.05, 3.63) is 95.6 Å². The number of methoxy groups -OCH3 is 2.